The highest BCUT2D eigenvalue weighted by Crippen LogP contribution is 2.39. The van der Waals surface area contributed by atoms with E-state index in [0.717, 1.165) is 27.7 Å². The summed E-state index contributed by atoms with van der Waals surface area (Å²) in [6, 6.07) is 17.6. The maximum atomic E-state index is 13.8. The summed E-state index contributed by atoms with van der Waals surface area (Å²) >= 11 is 20.4. The van der Waals surface area contributed by atoms with Gasteiger partial charge in [-0.05, 0) is 67.4 Å². The molecule has 4 rings (SSSR count). The molecule has 4 aromatic rings. The van der Waals surface area contributed by atoms with Crippen LogP contribution < -0.4 is 0 Å². The Hall–Kier alpha value is -2.02. The van der Waals surface area contributed by atoms with Crippen molar-refractivity contribution >= 4 is 46.6 Å². The van der Waals surface area contributed by atoms with Crippen molar-refractivity contribution in [3.8, 4) is 5.69 Å². The topological polar surface area (TPSA) is 38.1 Å². The molecule has 0 atom stereocenters. The highest BCUT2D eigenvalue weighted by molar-refractivity contribution is 7.98. The third-order valence-corrected chi connectivity index (χ3v) is 8.25. The Morgan fingerprint density at radius 2 is 1.56 bits per heavy atom. The molecule has 3 nitrogen and oxygen atoms in total. The molecule has 0 fully saturated rings. The van der Waals surface area contributed by atoms with E-state index in [9.17, 15) is 9.50 Å². The Morgan fingerprint density at radius 3 is 2.19 bits per heavy atom. The van der Waals surface area contributed by atoms with E-state index in [0.29, 0.717) is 26.4 Å². The normalized spacial score (nSPS) is 12.2. The fourth-order valence-electron chi connectivity index (χ4n) is 4.03. The van der Waals surface area contributed by atoms with Crippen molar-refractivity contribution in [2.45, 2.75) is 49.6 Å². The van der Waals surface area contributed by atoms with Gasteiger partial charge in [0.2, 0.25) is 0 Å². The zero-order valence-electron chi connectivity index (χ0n) is 20.3. The van der Waals surface area contributed by atoms with Crippen LogP contribution >= 0.6 is 46.6 Å². The first-order valence-electron chi connectivity index (χ1n) is 11.3. The molecular weight excluding hydrogens is 538 g/mol. The van der Waals surface area contributed by atoms with Gasteiger partial charge in [-0.15, -0.1) is 0 Å². The highest BCUT2D eigenvalue weighted by atomic mass is 35.5. The number of hydrogen-bond acceptors (Lipinski definition) is 3. The van der Waals surface area contributed by atoms with Crippen LogP contribution in [0.3, 0.4) is 0 Å². The second-order valence-corrected chi connectivity index (χ2v) is 11.8. The Morgan fingerprint density at radius 1 is 0.889 bits per heavy atom. The van der Waals surface area contributed by atoms with Gasteiger partial charge in [-0.2, -0.15) is 0 Å². The van der Waals surface area contributed by atoms with Gasteiger partial charge in [0.15, 0.2) is 5.16 Å². The molecule has 0 amide bonds. The number of imidazole rings is 1. The molecule has 0 saturated carbocycles. The summed E-state index contributed by atoms with van der Waals surface area (Å²) in [7, 11) is 0. The van der Waals surface area contributed by atoms with Crippen LogP contribution in [-0.2, 0) is 16.8 Å². The van der Waals surface area contributed by atoms with Gasteiger partial charge in [-0.1, -0.05) is 78.6 Å². The lowest BCUT2D eigenvalue weighted by Crippen LogP contribution is -2.23. The number of benzene rings is 3. The summed E-state index contributed by atoms with van der Waals surface area (Å²) in [5.74, 6) is 0.295. The van der Waals surface area contributed by atoms with E-state index in [1.807, 2.05) is 35.0 Å². The molecule has 1 aromatic heterocycles. The molecule has 36 heavy (non-hydrogen) atoms. The molecule has 1 heterocycles. The van der Waals surface area contributed by atoms with Gasteiger partial charge in [-0.3, -0.25) is 4.57 Å². The van der Waals surface area contributed by atoms with Gasteiger partial charge in [0, 0.05) is 27.4 Å². The first-order chi connectivity index (χ1) is 16.9. The average molecular weight is 564 g/mol. The van der Waals surface area contributed by atoms with Crippen LogP contribution in [0.4, 0.5) is 4.39 Å². The summed E-state index contributed by atoms with van der Waals surface area (Å²) in [5.41, 5.74) is 2.83. The van der Waals surface area contributed by atoms with Gasteiger partial charge in [0.1, 0.15) is 5.82 Å². The lowest BCUT2D eigenvalue weighted by atomic mass is 9.81. The van der Waals surface area contributed by atoms with Crippen molar-refractivity contribution in [3.05, 3.63) is 110 Å². The van der Waals surface area contributed by atoms with Gasteiger partial charge < -0.3 is 5.11 Å². The predicted octanol–water partition coefficient (Wildman–Crippen LogP) is 8.82. The molecule has 3 aromatic carbocycles. The quantitative estimate of drug-likeness (QED) is 0.228. The zero-order valence-corrected chi connectivity index (χ0v) is 23.4. The fraction of sp³-hybridized carbons (Fsp3) is 0.250. The first kappa shape index (κ1) is 27.0. The lowest BCUT2D eigenvalue weighted by molar-refractivity contribution is 0.0786. The Bertz CT molecular complexity index is 1400. The second-order valence-electron chi connectivity index (χ2n) is 9.65. The minimum absolute atomic E-state index is 0.307. The first-order valence-corrected chi connectivity index (χ1v) is 13.4. The van der Waals surface area contributed by atoms with Crippen molar-refractivity contribution in [1.29, 1.82) is 0 Å². The zero-order chi connectivity index (χ0) is 26.3. The van der Waals surface area contributed by atoms with Gasteiger partial charge in [0.25, 0.3) is 0 Å². The number of rotatable bonds is 7. The highest BCUT2D eigenvalue weighted by Gasteiger charge is 2.30. The summed E-state index contributed by atoms with van der Waals surface area (Å²) < 4.78 is 15.8. The monoisotopic (exact) mass is 562 g/mol. The molecule has 0 unspecified atom stereocenters. The van der Waals surface area contributed by atoms with Gasteiger partial charge >= 0.3 is 0 Å². The van der Waals surface area contributed by atoms with Crippen molar-refractivity contribution in [3.63, 3.8) is 0 Å². The standard InChI is InChI=1S/C28H26Cl3FN2OS/c1-27(2,18-6-12-23(30)24(31)14-18)25-15-33-26(34(25)20-9-7-19(32)8-10-20)36-16-17-5-11-22(29)21(13-17)28(3,4)35/h5-15,35H,16H2,1-4H3. The molecular formula is C28H26Cl3FN2OS. The molecule has 0 bridgehead atoms. The largest absolute Gasteiger partial charge is 0.386 e. The summed E-state index contributed by atoms with van der Waals surface area (Å²) in [4.78, 5) is 4.75. The van der Waals surface area contributed by atoms with E-state index in [1.165, 1.54) is 12.1 Å². The van der Waals surface area contributed by atoms with E-state index in [2.05, 4.69) is 13.8 Å². The third-order valence-electron chi connectivity index (χ3n) is 6.15. The maximum Gasteiger partial charge on any atom is 0.173 e. The Kier molecular flexibility index (Phi) is 7.80. The predicted molar refractivity (Wildman–Crippen MR) is 148 cm³/mol. The van der Waals surface area contributed by atoms with Crippen molar-refractivity contribution in [2.75, 3.05) is 0 Å². The molecule has 1 N–H and O–H groups in total. The van der Waals surface area contributed by atoms with Crippen LogP contribution in [0.25, 0.3) is 5.69 Å². The van der Waals surface area contributed by atoms with Crippen LogP contribution in [0.2, 0.25) is 15.1 Å². The van der Waals surface area contributed by atoms with Crippen LogP contribution in [-0.4, -0.2) is 14.7 Å². The Balaban J connectivity index is 1.75. The number of nitrogens with zero attached hydrogens (tertiary/aromatic N) is 2. The van der Waals surface area contributed by atoms with E-state index < -0.39 is 11.0 Å². The molecule has 0 spiro atoms. The molecule has 8 heteroatoms. The van der Waals surface area contributed by atoms with Gasteiger partial charge in [-0.25, -0.2) is 9.37 Å². The molecule has 0 aliphatic rings. The van der Waals surface area contributed by atoms with E-state index in [4.69, 9.17) is 39.8 Å². The number of aliphatic hydroxyl groups is 1. The summed E-state index contributed by atoms with van der Waals surface area (Å²) in [5, 5.41) is 12.7. The number of halogens is 4. The summed E-state index contributed by atoms with van der Waals surface area (Å²) in [6.45, 7) is 7.60. The second kappa shape index (κ2) is 10.4. The summed E-state index contributed by atoms with van der Waals surface area (Å²) in [6.07, 6.45) is 1.85. The molecule has 0 radical (unpaired) electrons. The Labute approximate surface area is 230 Å². The molecule has 188 valence electrons. The van der Waals surface area contributed by atoms with Crippen LogP contribution in [0.1, 0.15) is 50.1 Å². The van der Waals surface area contributed by atoms with Crippen LogP contribution in [0.5, 0.6) is 0 Å². The van der Waals surface area contributed by atoms with Crippen LogP contribution in [0, 0.1) is 5.82 Å². The molecule has 0 aliphatic carbocycles. The van der Waals surface area contributed by atoms with Crippen molar-refractivity contribution in [1.82, 2.24) is 9.55 Å². The number of hydrogen-bond donors (Lipinski definition) is 1. The fourth-order valence-corrected chi connectivity index (χ4v) is 5.61. The van der Waals surface area contributed by atoms with E-state index in [1.54, 1.807) is 49.9 Å². The smallest absolute Gasteiger partial charge is 0.173 e. The molecule has 0 aliphatic heterocycles. The maximum absolute atomic E-state index is 13.8. The van der Waals surface area contributed by atoms with Crippen molar-refractivity contribution in [2.24, 2.45) is 0 Å². The minimum Gasteiger partial charge on any atom is -0.386 e. The number of aromatic nitrogens is 2. The van der Waals surface area contributed by atoms with E-state index >= 15 is 0 Å². The average Bonchev–Trinajstić information content (AvgIpc) is 3.25. The SMILES string of the molecule is CC(C)(O)c1cc(CSc2ncc(C(C)(C)c3ccc(Cl)c(Cl)c3)n2-c2ccc(F)cc2)ccc1Cl. The number of thioether (sulfide) groups is 1. The van der Waals surface area contributed by atoms with E-state index in [-0.39, 0.29) is 5.82 Å². The van der Waals surface area contributed by atoms with Gasteiger partial charge in [0.05, 0.1) is 27.5 Å². The lowest BCUT2D eigenvalue weighted by Gasteiger charge is -2.28. The van der Waals surface area contributed by atoms with Crippen LogP contribution in [0.15, 0.2) is 72.0 Å². The third kappa shape index (κ3) is 5.61. The minimum atomic E-state index is -1.05. The molecule has 0 saturated heterocycles. The van der Waals surface area contributed by atoms with Crippen molar-refractivity contribution < 1.29 is 9.50 Å².